The summed E-state index contributed by atoms with van der Waals surface area (Å²) in [5, 5.41) is 13.0. The summed E-state index contributed by atoms with van der Waals surface area (Å²) in [5.41, 5.74) is 3.77. The summed E-state index contributed by atoms with van der Waals surface area (Å²) < 4.78 is 5.75. The summed E-state index contributed by atoms with van der Waals surface area (Å²) in [4.78, 5) is 19.6. The van der Waals surface area contributed by atoms with Crippen molar-refractivity contribution in [2.45, 2.75) is 38.8 Å². The second kappa shape index (κ2) is 9.41. The fourth-order valence-electron chi connectivity index (χ4n) is 3.70. The van der Waals surface area contributed by atoms with Crippen molar-refractivity contribution in [2.24, 2.45) is 0 Å². The summed E-state index contributed by atoms with van der Waals surface area (Å²) in [6.07, 6.45) is 2.27. The van der Waals surface area contributed by atoms with E-state index in [0.29, 0.717) is 13.1 Å². The summed E-state index contributed by atoms with van der Waals surface area (Å²) in [5.74, 6) is 0.202. The van der Waals surface area contributed by atoms with Crippen LogP contribution in [-0.2, 0) is 22.5 Å². The number of aromatic nitrogens is 1. The van der Waals surface area contributed by atoms with E-state index in [-0.39, 0.29) is 24.2 Å². The molecule has 2 heterocycles. The Morgan fingerprint density at radius 2 is 2.13 bits per heavy atom. The molecule has 0 radical (unpaired) electrons. The van der Waals surface area contributed by atoms with Gasteiger partial charge in [-0.1, -0.05) is 42.0 Å². The molecule has 1 N–H and O–H groups in total. The normalized spacial score (nSPS) is 16.0. The van der Waals surface area contributed by atoms with Gasteiger partial charge in [-0.15, -0.1) is 11.3 Å². The molecule has 30 heavy (non-hydrogen) atoms. The van der Waals surface area contributed by atoms with Crippen LogP contribution in [0.1, 0.15) is 29.7 Å². The maximum Gasteiger partial charge on any atom is 0.229 e. The first-order valence-electron chi connectivity index (χ1n) is 10.3. The lowest BCUT2D eigenvalue weighted by molar-refractivity contribution is -0.132. The number of phenols is 1. The highest BCUT2D eigenvalue weighted by atomic mass is 32.1. The van der Waals surface area contributed by atoms with Gasteiger partial charge in [0.2, 0.25) is 5.91 Å². The van der Waals surface area contributed by atoms with Gasteiger partial charge in [0, 0.05) is 36.2 Å². The molecule has 1 unspecified atom stereocenters. The molecule has 4 rings (SSSR count). The minimum atomic E-state index is -0.00477. The van der Waals surface area contributed by atoms with Crippen LogP contribution in [0.15, 0.2) is 53.9 Å². The lowest BCUT2D eigenvalue weighted by Gasteiger charge is -2.26. The van der Waals surface area contributed by atoms with Crippen molar-refractivity contribution in [3.05, 3.63) is 70.7 Å². The van der Waals surface area contributed by atoms with Crippen LogP contribution in [-0.4, -0.2) is 40.2 Å². The third-order valence-corrected chi connectivity index (χ3v) is 6.24. The Morgan fingerprint density at radius 1 is 1.27 bits per heavy atom. The highest BCUT2D eigenvalue weighted by Crippen LogP contribution is 2.26. The highest BCUT2D eigenvalue weighted by Gasteiger charge is 2.24. The molecule has 0 spiro atoms. The van der Waals surface area contributed by atoms with E-state index < -0.39 is 0 Å². The van der Waals surface area contributed by atoms with E-state index in [4.69, 9.17) is 9.72 Å². The summed E-state index contributed by atoms with van der Waals surface area (Å²) in [6, 6.07) is 15.4. The number of para-hydroxylation sites is 1. The molecular weight excluding hydrogens is 396 g/mol. The largest absolute Gasteiger partial charge is 0.508 e. The quantitative estimate of drug-likeness (QED) is 0.606. The van der Waals surface area contributed by atoms with E-state index >= 15 is 0 Å². The molecule has 0 saturated carbocycles. The molecule has 1 aliphatic heterocycles. The van der Waals surface area contributed by atoms with Gasteiger partial charge in [-0.25, -0.2) is 4.98 Å². The van der Waals surface area contributed by atoms with Crippen LogP contribution in [0.2, 0.25) is 0 Å². The number of amides is 1. The molecule has 5 nitrogen and oxygen atoms in total. The Hall–Kier alpha value is -2.70. The van der Waals surface area contributed by atoms with Crippen molar-refractivity contribution in [2.75, 3.05) is 13.2 Å². The Labute approximate surface area is 181 Å². The van der Waals surface area contributed by atoms with E-state index in [1.165, 1.54) is 5.56 Å². The Kier molecular flexibility index (Phi) is 6.45. The summed E-state index contributed by atoms with van der Waals surface area (Å²) >= 11 is 1.56. The molecule has 3 aromatic rings. The number of hydrogen-bond donors (Lipinski definition) is 1. The van der Waals surface area contributed by atoms with Crippen LogP contribution in [0.4, 0.5) is 0 Å². The number of carbonyl (C=O) groups excluding carboxylic acids is 1. The number of ether oxygens (including phenoxy) is 1. The van der Waals surface area contributed by atoms with E-state index in [0.717, 1.165) is 41.3 Å². The molecule has 0 aliphatic carbocycles. The van der Waals surface area contributed by atoms with Crippen molar-refractivity contribution < 1.29 is 14.6 Å². The number of aryl methyl sites for hydroxylation is 1. The van der Waals surface area contributed by atoms with Gasteiger partial charge in [-0.3, -0.25) is 4.79 Å². The van der Waals surface area contributed by atoms with Crippen molar-refractivity contribution in [3.63, 3.8) is 0 Å². The summed E-state index contributed by atoms with van der Waals surface area (Å²) in [7, 11) is 0. The highest BCUT2D eigenvalue weighted by molar-refractivity contribution is 7.13. The van der Waals surface area contributed by atoms with Crippen molar-refractivity contribution in [1.82, 2.24) is 9.88 Å². The second-order valence-electron chi connectivity index (χ2n) is 7.73. The van der Waals surface area contributed by atoms with Gasteiger partial charge in [-0.2, -0.15) is 0 Å². The third-order valence-electron chi connectivity index (χ3n) is 5.30. The predicted octanol–water partition coefficient (Wildman–Crippen LogP) is 4.57. The lowest BCUT2D eigenvalue weighted by Crippen LogP contribution is -2.37. The molecule has 1 aromatic heterocycles. The van der Waals surface area contributed by atoms with Gasteiger partial charge >= 0.3 is 0 Å². The maximum atomic E-state index is 13.2. The van der Waals surface area contributed by atoms with Crippen LogP contribution >= 0.6 is 11.3 Å². The van der Waals surface area contributed by atoms with Crippen LogP contribution < -0.4 is 0 Å². The van der Waals surface area contributed by atoms with Crippen molar-refractivity contribution >= 4 is 17.2 Å². The van der Waals surface area contributed by atoms with Gasteiger partial charge in [0.05, 0.1) is 18.2 Å². The zero-order valence-corrected chi connectivity index (χ0v) is 17.9. The number of phenolic OH excluding ortho intramolecular Hbond substituents is 1. The first-order valence-corrected chi connectivity index (χ1v) is 11.1. The second-order valence-corrected chi connectivity index (χ2v) is 8.59. The van der Waals surface area contributed by atoms with Gasteiger partial charge in [-0.05, 0) is 31.9 Å². The van der Waals surface area contributed by atoms with E-state index in [1.807, 2.05) is 29.6 Å². The molecular formula is C24H26N2O3S. The minimum absolute atomic E-state index is 0.00477. The lowest BCUT2D eigenvalue weighted by atomic mass is 10.1. The molecule has 1 amide bonds. The molecule has 2 aromatic carbocycles. The van der Waals surface area contributed by atoms with E-state index in [2.05, 4.69) is 19.1 Å². The monoisotopic (exact) mass is 422 g/mol. The maximum absolute atomic E-state index is 13.2. The Balaban J connectivity index is 1.49. The van der Waals surface area contributed by atoms with Gasteiger partial charge in [0.1, 0.15) is 10.8 Å². The zero-order valence-electron chi connectivity index (χ0n) is 17.1. The number of hydrogen-bond acceptors (Lipinski definition) is 5. The van der Waals surface area contributed by atoms with Gasteiger partial charge in [0.15, 0.2) is 0 Å². The SMILES string of the molecule is Cc1cccc(-c2nc(CC(=O)N(Cc3ccccc3O)CC3CCCO3)cs2)c1. The van der Waals surface area contributed by atoms with E-state index in [1.54, 1.807) is 28.4 Å². The molecule has 1 saturated heterocycles. The van der Waals surface area contributed by atoms with Gasteiger partial charge < -0.3 is 14.7 Å². The number of thiazole rings is 1. The van der Waals surface area contributed by atoms with Gasteiger partial charge in [0.25, 0.3) is 0 Å². The fraction of sp³-hybridized carbons (Fsp3) is 0.333. The van der Waals surface area contributed by atoms with Crippen molar-refractivity contribution in [1.29, 1.82) is 0 Å². The summed E-state index contributed by atoms with van der Waals surface area (Å²) in [6.45, 7) is 3.70. The minimum Gasteiger partial charge on any atom is -0.508 e. The van der Waals surface area contributed by atoms with Crippen LogP contribution in [0.3, 0.4) is 0 Å². The van der Waals surface area contributed by atoms with E-state index in [9.17, 15) is 9.90 Å². The van der Waals surface area contributed by atoms with Crippen molar-refractivity contribution in [3.8, 4) is 16.3 Å². The molecule has 156 valence electrons. The number of rotatable bonds is 7. The first-order chi connectivity index (χ1) is 14.6. The average Bonchev–Trinajstić information content (AvgIpc) is 3.41. The number of carbonyl (C=O) groups is 1. The molecule has 1 atom stereocenters. The van der Waals surface area contributed by atoms with Crippen LogP contribution in [0, 0.1) is 6.92 Å². The number of nitrogens with zero attached hydrogens (tertiary/aromatic N) is 2. The smallest absolute Gasteiger partial charge is 0.229 e. The molecule has 1 aliphatic rings. The average molecular weight is 423 g/mol. The van der Waals surface area contributed by atoms with Crippen LogP contribution in [0.5, 0.6) is 5.75 Å². The number of benzene rings is 2. The molecule has 0 bridgehead atoms. The standard InChI is InChI=1S/C24H26N2O3S/c1-17-6-4-8-18(12-17)24-25-20(16-30-24)13-23(28)26(15-21-9-5-11-29-21)14-19-7-2-3-10-22(19)27/h2-4,6-8,10,12,16,21,27H,5,9,11,13-15H2,1H3. The predicted molar refractivity (Wildman–Crippen MR) is 118 cm³/mol. The Bertz CT molecular complexity index is 1010. The zero-order chi connectivity index (χ0) is 20.9. The number of aromatic hydroxyl groups is 1. The Morgan fingerprint density at radius 3 is 2.90 bits per heavy atom. The first kappa shape index (κ1) is 20.6. The van der Waals surface area contributed by atoms with Crippen LogP contribution in [0.25, 0.3) is 10.6 Å². The molecule has 1 fully saturated rings. The third kappa shape index (κ3) is 5.07. The molecule has 6 heteroatoms. The topological polar surface area (TPSA) is 62.7 Å². The fourth-order valence-corrected chi connectivity index (χ4v) is 4.52.